The van der Waals surface area contributed by atoms with Gasteiger partial charge in [0.2, 0.25) is 0 Å². The Kier molecular flexibility index (Phi) is 4.31. The number of aliphatic hydroxyl groups is 2. The summed E-state index contributed by atoms with van der Waals surface area (Å²) in [5, 5.41) is 22.8. The van der Waals surface area contributed by atoms with Crippen LogP contribution in [0, 0.1) is 39.4 Å². The van der Waals surface area contributed by atoms with Crippen molar-refractivity contribution in [1.82, 2.24) is 0 Å². The normalized spacial score (nSPS) is 55.9. The van der Waals surface area contributed by atoms with Crippen LogP contribution in [0.3, 0.4) is 0 Å². The van der Waals surface area contributed by atoms with Gasteiger partial charge in [0.15, 0.2) is 22.6 Å². The van der Waals surface area contributed by atoms with E-state index in [0.29, 0.717) is 19.3 Å². The summed E-state index contributed by atoms with van der Waals surface area (Å²) in [6.45, 7) is 12.5. The van der Waals surface area contributed by atoms with Crippen molar-refractivity contribution in [2.24, 2.45) is 39.4 Å². The molecular formula is C26H34O8. The summed E-state index contributed by atoms with van der Waals surface area (Å²) in [5.74, 6) is -4.36. The number of hydrogen-bond donors (Lipinski definition) is 2. The lowest BCUT2D eigenvalue weighted by Crippen LogP contribution is -2.78. The zero-order valence-corrected chi connectivity index (χ0v) is 20.7. The van der Waals surface area contributed by atoms with Crippen LogP contribution in [0.4, 0.5) is 0 Å². The second-order valence-corrected chi connectivity index (χ2v) is 12.4. The molecule has 0 radical (unpaired) electrons. The summed E-state index contributed by atoms with van der Waals surface area (Å²) in [7, 11) is 1.18. The lowest BCUT2D eigenvalue weighted by molar-refractivity contribution is -0.247. The largest absolute Gasteiger partial charge is 0.468 e. The Morgan fingerprint density at radius 2 is 1.68 bits per heavy atom. The van der Waals surface area contributed by atoms with Crippen molar-refractivity contribution in [3.05, 3.63) is 12.2 Å². The SMILES string of the molecule is C=C1C2(C)CC3C4(C)C(O)C5CC(C)(OC5=O)C4CCC3(C)C1(C(=O)OC)C(=O)C(C)(O)C2=O. The van der Waals surface area contributed by atoms with Crippen LogP contribution in [0.1, 0.15) is 60.3 Å². The molecule has 10 unspecified atom stereocenters. The minimum absolute atomic E-state index is 0.154. The van der Waals surface area contributed by atoms with Gasteiger partial charge in [0, 0.05) is 17.8 Å². The monoisotopic (exact) mass is 474 g/mol. The summed E-state index contributed by atoms with van der Waals surface area (Å²) in [6.07, 6.45) is 0.396. The average Bonchev–Trinajstić information content (AvgIpc) is 3.05. The molecule has 10 atom stereocenters. The maximum atomic E-state index is 14.0. The number of carbonyl (C=O) groups is 4. The molecule has 5 aliphatic rings. The van der Waals surface area contributed by atoms with Crippen molar-refractivity contribution >= 4 is 23.5 Å². The Labute approximate surface area is 199 Å². The Morgan fingerprint density at radius 3 is 2.26 bits per heavy atom. The molecule has 1 heterocycles. The van der Waals surface area contributed by atoms with Crippen molar-refractivity contribution in [3.63, 3.8) is 0 Å². The van der Waals surface area contributed by atoms with Gasteiger partial charge in [-0.3, -0.25) is 19.2 Å². The third-order valence-electron chi connectivity index (χ3n) is 11.0. The van der Waals surface area contributed by atoms with Crippen LogP contribution in [0.15, 0.2) is 12.2 Å². The van der Waals surface area contributed by atoms with Crippen molar-refractivity contribution in [3.8, 4) is 0 Å². The van der Waals surface area contributed by atoms with Gasteiger partial charge >= 0.3 is 11.9 Å². The van der Waals surface area contributed by atoms with Gasteiger partial charge in [0.1, 0.15) is 5.60 Å². The third-order valence-corrected chi connectivity index (χ3v) is 11.0. The summed E-state index contributed by atoms with van der Waals surface area (Å²) in [5.41, 5.74) is -8.41. The number of ether oxygens (including phenoxy) is 2. The van der Waals surface area contributed by atoms with E-state index in [9.17, 15) is 29.4 Å². The van der Waals surface area contributed by atoms with Crippen molar-refractivity contribution in [2.45, 2.75) is 77.6 Å². The highest BCUT2D eigenvalue weighted by Crippen LogP contribution is 2.77. The average molecular weight is 475 g/mol. The first kappa shape index (κ1) is 23.7. The molecule has 2 N–H and O–H groups in total. The lowest BCUT2D eigenvalue weighted by Gasteiger charge is -2.71. The quantitative estimate of drug-likeness (QED) is 0.334. The number of esters is 2. The Hall–Kier alpha value is -2.06. The lowest BCUT2D eigenvalue weighted by atomic mass is 9.30. The molecule has 5 fully saturated rings. The Bertz CT molecular complexity index is 1070. The number of carbonyl (C=O) groups excluding carboxylic acids is 4. The van der Waals surface area contributed by atoms with Crippen LogP contribution < -0.4 is 0 Å². The second kappa shape index (κ2) is 6.19. The molecule has 5 rings (SSSR count). The zero-order valence-electron chi connectivity index (χ0n) is 20.7. The van der Waals surface area contributed by atoms with E-state index in [1.165, 1.54) is 7.11 Å². The molecule has 1 aliphatic heterocycles. The van der Waals surface area contributed by atoms with Gasteiger partial charge in [-0.1, -0.05) is 20.4 Å². The summed E-state index contributed by atoms with van der Waals surface area (Å²) in [4.78, 5) is 54.0. The third kappa shape index (κ3) is 2.07. The highest BCUT2D eigenvalue weighted by molar-refractivity contribution is 6.26. The van der Waals surface area contributed by atoms with Gasteiger partial charge in [0.05, 0.1) is 24.5 Å². The van der Waals surface area contributed by atoms with E-state index in [0.717, 1.165) is 6.92 Å². The molecular weight excluding hydrogens is 440 g/mol. The van der Waals surface area contributed by atoms with Crippen LogP contribution in [-0.4, -0.2) is 58.1 Å². The molecule has 0 aromatic heterocycles. The fourth-order valence-electron chi connectivity index (χ4n) is 9.41. The van der Waals surface area contributed by atoms with Gasteiger partial charge in [-0.2, -0.15) is 0 Å². The van der Waals surface area contributed by atoms with E-state index < -0.39 is 74.3 Å². The summed E-state index contributed by atoms with van der Waals surface area (Å²) < 4.78 is 11.0. The van der Waals surface area contributed by atoms with Crippen LogP contribution in [0.2, 0.25) is 0 Å². The topological polar surface area (TPSA) is 127 Å². The summed E-state index contributed by atoms with van der Waals surface area (Å²) >= 11 is 0. The zero-order chi connectivity index (χ0) is 25.4. The molecule has 0 spiro atoms. The molecule has 8 nitrogen and oxygen atoms in total. The van der Waals surface area contributed by atoms with Gasteiger partial charge in [-0.05, 0) is 56.9 Å². The van der Waals surface area contributed by atoms with Crippen molar-refractivity contribution in [2.75, 3.05) is 7.11 Å². The number of hydrogen-bond acceptors (Lipinski definition) is 8. The molecule has 4 bridgehead atoms. The predicted molar refractivity (Wildman–Crippen MR) is 118 cm³/mol. The number of rotatable bonds is 1. The number of fused-ring (bicyclic) bond motifs is 9. The van der Waals surface area contributed by atoms with Gasteiger partial charge in [-0.25, -0.2) is 0 Å². The standard InChI is InChI=1S/C26H34O8/c1-12-21(2)11-15-22(3,26(12,20(31)33-7)19(30)25(6,32)18(21)29)9-8-14-23(4)10-13(17(28)34-23)16(27)24(14,15)5/h13-16,27,32H,1,8-11H2,2-7H3. The Balaban J connectivity index is 1.82. The highest BCUT2D eigenvalue weighted by Gasteiger charge is 2.83. The molecule has 8 heteroatoms. The number of aliphatic hydroxyl groups excluding tert-OH is 1. The number of methoxy groups -OCH3 is 1. The van der Waals surface area contributed by atoms with E-state index in [1.807, 2.05) is 20.8 Å². The van der Waals surface area contributed by atoms with Crippen LogP contribution >= 0.6 is 0 Å². The van der Waals surface area contributed by atoms with Gasteiger partial charge in [0.25, 0.3) is 0 Å². The molecule has 34 heavy (non-hydrogen) atoms. The predicted octanol–water partition coefficient (Wildman–Crippen LogP) is 1.75. The minimum atomic E-state index is -2.38. The molecule has 4 saturated carbocycles. The van der Waals surface area contributed by atoms with Gasteiger partial charge in [-0.15, -0.1) is 0 Å². The molecule has 4 aliphatic carbocycles. The first-order chi connectivity index (χ1) is 15.5. The summed E-state index contributed by atoms with van der Waals surface area (Å²) in [6, 6.07) is 0. The van der Waals surface area contributed by atoms with Crippen LogP contribution in [-0.2, 0) is 28.7 Å². The molecule has 1 saturated heterocycles. The van der Waals surface area contributed by atoms with Crippen molar-refractivity contribution < 1.29 is 38.9 Å². The maximum Gasteiger partial charge on any atom is 0.324 e. The second-order valence-electron chi connectivity index (χ2n) is 12.4. The van der Waals surface area contributed by atoms with Gasteiger partial charge < -0.3 is 19.7 Å². The van der Waals surface area contributed by atoms with E-state index in [-0.39, 0.29) is 17.9 Å². The van der Waals surface area contributed by atoms with E-state index in [2.05, 4.69) is 6.58 Å². The van der Waals surface area contributed by atoms with Crippen LogP contribution in [0.5, 0.6) is 0 Å². The maximum absolute atomic E-state index is 14.0. The van der Waals surface area contributed by atoms with Crippen molar-refractivity contribution in [1.29, 1.82) is 0 Å². The number of Topliss-reactive ketones (excluding diaryl/α,β-unsaturated/α-hetero) is 2. The fourth-order valence-corrected chi connectivity index (χ4v) is 9.41. The highest BCUT2D eigenvalue weighted by atomic mass is 16.6. The van der Waals surface area contributed by atoms with E-state index >= 15 is 0 Å². The number of ketones is 2. The molecule has 186 valence electrons. The van der Waals surface area contributed by atoms with E-state index in [1.54, 1.807) is 6.92 Å². The van der Waals surface area contributed by atoms with E-state index in [4.69, 9.17) is 9.47 Å². The molecule has 0 amide bonds. The molecule has 0 aromatic carbocycles. The van der Waals surface area contributed by atoms with Crippen LogP contribution in [0.25, 0.3) is 0 Å². The molecule has 0 aromatic rings. The fraction of sp³-hybridized carbons (Fsp3) is 0.769. The first-order valence-electron chi connectivity index (χ1n) is 12.0. The first-order valence-corrected chi connectivity index (χ1v) is 12.0. The Morgan fingerprint density at radius 1 is 1.06 bits per heavy atom. The smallest absolute Gasteiger partial charge is 0.324 e. The minimum Gasteiger partial charge on any atom is -0.468 e.